The fourth-order valence-electron chi connectivity index (χ4n) is 9.90. The summed E-state index contributed by atoms with van der Waals surface area (Å²) in [5.41, 5.74) is 5.05. The Kier molecular flexibility index (Phi) is 6.19. The Hall–Kier alpha value is -2.99. The maximum atomic E-state index is 12.0. The standard InChI is InChI=1S/C34H41N3O3/c1-33-18-16-24(38)20-23(33)12-13-25-26-14-15-28(34(26,2)19-17-27(25)33)29-21-32(22-8-4-3-5-9-22)36(35-29)30-10-6-7-11-31(30)37(39)40/h3-12,24-28,32,38H,13-21H2,1-2H3/t24-,25-,26-,27-,28+,32?,33-,34-/m0/s1. The van der Waals surface area contributed by atoms with E-state index in [1.807, 2.05) is 23.2 Å². The zero-order chi connectivity index (χ0) is 27.6. The van der Waals surface area contributed by atoms with Crippen LogP contribution < -0.4 is 5.01 Å². The van der Waals surface area contributed by atoms with E-state index in [0.29, 0.717) is 29.4 Å². The molecule has 4 aliphatic carbocycles. The molecule has 0 saturated heterocycles. The van der Waals surface area contributed by atoms with Gasteiger partial charge in [-0.2, -0.15) is 5.10 Å². The third-order valence-corrected chi connectivity index (χ3v) is 11.9. The first kappa shape index (κ1) is 25.9. The molecule has 1 aliphatic heterocycles. The van der Waals surface area contributed by atoms with Gasteiger partial charge in [0.05, 0.1) is 17.1 Å². The predicted molar refractivity (Wildman–Crippen MR) is 158 cm³/mol. The molecule has 1 heterocycles. The lowest BCUT2D eigenvalue weighted by Crippen LogP contribution is -2.51. The van der Waals surface area contributed by atoms with Crippen LogP contribution in [0.4, 0.5) is 11.4 Å². The second-order valence-corrected chi connectivity index (χ2v) is 13.6. The molecule has 3 fully saturated rings. The summed E-state index contributed by atoms with van der Waals surface area (Å²) in [7, 11) is 0. The van der Waals surface area contributed by atoms with Gasteiger partial charge in [-0.25, -0.2) is 0 Å². The number of aliphatic hydroxyl groups excluding tert-OH is 1. The third-order valence-electron chi connectivity index (χ3n) is 11.9. The monoisotopic (exact) mass is 539 g/mol. The van der Waals surface area contributed by atoms with Crippen molar-refractivity contribution in [2.24, 2.45) is 39.6 Å². The second kappa shape index (κ2) is 9.54. The van der Waals surface area contributed by atoms with Crippen molar-refractivity contribution < 1.29 is 10.0 Å². The minimum absolute atomic E-state index is 0.0379. The van der Waals surface area contributed by atoms with Crippen LogP contribution in [0.15, 0.2) is 71.3 Å². The van der Waals surface area contributed by atoms with Gasteiger partial charge in [-0.3, -0.25) is 15.1 Å². The van der Waals surface area contributed by atoms with Crippen LogP contribution in [0.5, 0.6) is 0 Å². The lowest BCUT2D eigenvalue weighted by Gasteiger charge is -2.58. The van der Waals surface area contributed by atoms with E-state index < -0.39 is 0 Å². The minimum Gasteiger partial charge on any atom is -0.393 e. The van der Waals surface area contributed by atoms with E-state index in [4.69, 9.17) is 5.10 Å². The molecule has 0 aromatic heterocycles. The van der Waals surface area contributed by atoms with E-state index in [2.05, 4.69) is 44.2 Å². The number of allylic oxidation sites excluding steroid dienone is 1. The zero-order valence-electron chi connectivity index (χ0n) is 23.7. The minimum atomic E-state index is -0.283. The van der Waals surface area contributed by atoms with Crippen LogP contribution in [-0.4, -0.2) is 21.8 Å². The highest BCUT2D eigenvalue weighted by Gasteiger charge is 2.60. The number of hydrogen-bond donors (Lipinski definition) is 1. The molecule has 6 nitrogen and oxygen atoms in total. The molecule has 0 amide bonds. The predicted octanol–water partition coefficient (Wildman–Crippen LogP) is 7.84. The van der Waals surface area contributed by atoms with Crippen molar-refractivity contribution in [2.45, 2.75) is 83.8 Å². The molecule has 5 aliphatic rings. The fraction of sp³-hybridized carbons (Fsp3) is 0.559. The summed E-state index contributed by atoms with van der Waals surface area (Å²) in [5, 5.41) is 29.6. The molecular formula is C34H41N3O3. The largest absolute Gasteiger partial charge is 0.393 e. The first-order valence-electron chi connectivity index (χ1n) is 15.3. The number of rotatable bonds is 4. The van der Waals surface area contributed by atoms with Crippen molar-refractivity contribution in [3.8, 4) is 0 Å². The number of para-hydroxylation sites is 2. The van der Waals surface area contributed by atoms with Gasteiger partial charge in [-0.1, -0.05) is 68.0 Å². The summed E-state index contributed by atoms with van der Waals surface area (Å²) in [5.74, 6) is 2.49. The molecule has 2 aromatic rings. The summed E-state index contributed by atoms with van der Waals surface area (Å²) < 4.78 is 0. The van der Waals surface area contributed by atoms with Gasteiger partial charge in [0.1, 0.15) is 5.69 Å². The van der Waals surface area contributed by atoms with E-state index in [0.717, 1.165) is 44.1 Å². The smallest absolute Gasteiger partial charge is 0.294 e. The van der Waals surface area contributed by atoms with Gasteiger partial charge >= 0.3 is 0 Å². The fourth-order valence-corrected chi connectivity index (χ4v) is 9.90. The Bertz CT molecular complexity index is 1370. The van der Waals surface area contributed by atoms with Gasteiger partial charge in [-0.15, -0.1) is 0 Å². The van der Waals surface area contributed by atoms with Crippen molar-refractivity contribution in [2.75, 3.05) is 5.01 Å². The van der Waals surface area contributed by atoms with Crippen molar-refractivity contribution in [3.63, 3.8) is 0 Å². The number of aliphatic hydroxyl groups is 1. The molecular weight excluding hydrogens is 498 g/mol. The number of hydrogen-bond acceptors (Lipinski definition) is 5. The average molecular weight is 540 g/mol. The number of nitro groups is 1. The van der Waals surface area contributed by atoms with Crippen LogP contribution in [0.2, 0.25) is 0 Å². The van der Waals surface area contributed by atoms with Crippen molar-refractivity contribution >= 4 is 17.1 Å². The molecule has 0 bridgehead atoms. The van der Waals surface area contributed by atoms with E-state index >= 15 is 0 Å². The van der Waals surface area contributed by atoms with E-state index in [9.17, 15) is 15.2 Å². The van der Waals surface area contributed by atoms with Crippen molar-refractivity contribution in [1.82, 2.24) is 0 Å². The molecule has 0 radical (unpaired) electrons. The number of hydrazone groups is 1. The first-order valence-corrected chi connectivity index (χ1v) is 15.3. The lowest BCUT2D eigenvalue weighted by atomic mass is 9.47. The van der Waals surface area contributed by atoms with Crippen LogP contribution in [0.3, 0.4) is 0 Å². The van der Waals surface area contributed by atoms with Crippen LogP contribution in [-0.2, 0) is 0 Å². The number of anilines is 1. The number of nitro benzene ring substituents is 1. The molecule has 210 valence electrons. The molecule has 3 saturated carbocycles. The molecule has 8 atom stereocenters. The average Bonchev–Trinajstić information content (AvgIpc) is 3.55. The molecule has 0 spiro atoms. The maximum absolute atomic E-state index is 12.0. The summed E-state index contributed by atoms with van der Waals surface area (Å²) in [6.07, 6.45) is 12.1. The lowest BCUT2D eigenvalue weighted by molar-refractivity contribution is -0.384. The van der Waals surface area contributed by atoms with Crippen molar-refractivity contribution in [1.29, 1.82) is 0 Å². The Morgan fingerprint density at radius 3 is 2.52 bits per heavy atom. The van der Waals surface area contributed by atoms with Crippen LogP contribution >= 0.6 is 0 Å². The van der Waals surface area contributed by atoms with Gasteiger partial charge in [0.2, 0.25) is 0 Å². The summed E-state index contributed by atoms with van der Waals surface area (Å²) >= 11 is 0. The number of nitrogens with zero attached hydrogens (tertiary/aromatic N) is 3. The van der Waals surface area contributed by atoms with Crippen molar-refractivity contribution in [3.05, 3.63) is 81.9 Å². The molecule has 1 N–H and O–H groups in total. The number of fused-ring (bicyclic) bond motifs is 5. The van der Waals surface area contributed by atoms with Crippen LogP contribution in [0.25, 0.3) is 0 Å². The third kappa shape index (κ3) is 3.89. The molecule has 1 unspecified atom stereocenters. The highest BCUT2D eigenvalue weighted by molar-refractivity contribution is 5.92. The number of benzene rings is 2. The van der Waals surface area contributed by atoms with Gasteiger partial charge in [0.25, 0.3) is 5.69 Å². The van der Waals surface area contributed by atoms with E-state index in [1.165, 1.54) is 30.5 Å². The summed E-state index contributed by atoms with van der Waals surface area (Å²) in [6.45, 7) is 5.03. The Morgan fingerprint density at radius 2 is 1.73 bits per heavy atom. The molecule has 2 aromatic carbocycles. The maximum Gasteiger partial charge on any atom is 0.294 e. The van der Waals surface area contributed by atoms with E-state index in [1.54, 1.807) is 12.1 Å². The second-order valence-electron chi connectivity index (χ2n) is 13.6. The Morgan fingerprint density at radius 1 is 0.950 bits per heavy atom. The van der Waals surface area contributed by atoms with Gasteiger partial charge < -0.3 is 5.11 Å². The Labute approximate surface area is 237 Å². The SMILES string of the molecule is C[C@]12CC[C@H]3[C@@H](CC=C4C[C@@H](O)CC[C@@]43C)[C@@H]1CC[C@@H]2C1=NN(c2ccccc2[N+](=O)[O-])C(c2ccccc2)C1. The summed E-state index contributed by atoms with van der Waals surface area (Å²) in [6, 6.07) is 17.4. The molecule has 7 rings (SSSR count). The van der Waals surface area contributed by atoms with Gasteiger partial charge in [0.15, 0.2) is 0 Å². The topological polar surface area (TPSA) is 79.0 Å². The normalized spacial score (nSPS) is 38.6. The Balaban J connectivity index is 1.22. The zero-order valence-corrected chi connectivity index (χ0v) is 23.7. The molecule has 40 heavy (non-hydrogen) atoms. The first-order chi connectivity index (χ1) is 19.3. The van der Waals surface area contributed by atoms with Gasteiger partial charge in [-0.05, 0) is 91.6 Å². The van der Waals surface area contributed by atoms with Gasteiger partial charge in [0, 0.05) is 24.1 Å². The molecule has 6 heteroatoms. The quantitative estimate of drug-likeness (QED) is 0.244. The summed E-state index contributed by atoms with van der Waals surface area (Å²) in [4.78, 5) is 11.7. The highest BCUT2D eigenvalue weighted by atomic mass is 16.6. The highest BCUT2D eigenvalue weighted by Crippen LogP contribution is 2.67. The van der Waals surface area contributed by atoms with Crippen LogP contribution in [0, 0.1) is 44.6 Å². The van der Waals surface area contributed by atoms with E-state index in [-0.39, 0.29) is 33.6 Å². The van der Waals surface area contributed by atoms with Crippen LogP contribution in [0.1, 0.15) is 83.2 Å².